The summed E-state index contributed by atoms with van der Waals surface area (Å²) in [5, 5.41) is 3.57. The molecule has 3 rings (SSSR count). The number of benzene rings is 1. The molecular formula is C32H46N2. The van der Waals surface area contributed by atoms with Crippen molar-refractivity contribution in [2.75, 3.05) is 7.05 Å². The molecule has 0 saturated carbocycles. The molecule has 0 unspecified atom stereocenters. The first-order chi connectivity index (χ1) is 16.4. The summed E-state index contributed by atoms with van der Waals surface area (Å²) in [6.07, 6.45) is 17.6. The number of hydrogen-bond donors (Lipinski definition) is 1. The van der Waals surface area contributed by atoms with Gasteiger partial charge < -0.3 is 10.2 Å². The molecule has 0 heterocycles. The van der Waals surface area contributed by atoms with Crippen LogP contribution in [0.4, 0.5) is 0 Å². The van der Waals surface area contributed by atoms with Crippen molar-refractivity contribution in [1.29, 1.82) is 0 Å². The molecule has 2 nitrogen and oxygen atoms in total. The average Bonchev–Trinajstić information content (AvgIpc) is 2.84. The summed E-state index contributed by atoms with van der Waals surface area (Å²) in [4.78, 5) is 2.44. The molecule has 0 saturated heterocycles. The maximum atomic E-state index is 3.81. The van der Waals surface area contributed by atoms with Gasteiger partial charge in [-0.2, -0.15) is 0 Å². The molecule has 34 heavy (non-hydrogen) atoms. The summed E-state index contributed by atoms with van der Waals surface area (Å²) < 4.78 is 0. The Hall–Kier alpha value is -2.74. The third kappa shape index (κ3) is 7.65. The van der Waals surface area contributed by atoms with Crippen LogP contribution in [0.25, 0.3) is 6.08 Å². The second kappa shape index (κ2) is 13.8. The fourth-order valence-electron chi connectivity index (χ4n) is 4.67. The zero-order valence-corrected chi connectivity index (χ0v) is 22.6. The Morgan fingerprint density at radius 2 is 1.68 bits per heavy atom. The molecule has 0 radical (unpaired) electrons. The number of nitrogens with one attached hydrogen (secondary N) is 1. The van der Waals surface area contributed by atoms with Crippen LogP contribution in [0.15, 0.2) is 89.3 Å². The van der Waals surface area contributed by atoms with Crippen LogP contribution in [-0.4, -0.2) is 18.0 Å². The number of nitrogens with zero attached hydrogens (tertiary/aromatic N) is 1. The average molecular weight is 459 g/mol. The van der Waals surface area contributed by atoms with Crippen molar-refractivity contribution in [3.8, 4) is 0 Å². The molecule has 0 aliphatic heterocycles. The molecule has 0 fully saturated rings. The minimum Gasteiger partial charge on any atom is -0.386 e. The standard InChI is InChI=1S/C30H40N2.C2H6/c1-7-8-11-24-12-9-10-13-27(24)21-32(6)30-20-26(16-19-29(30)22(2)3)25-14-17-28(18-15-25)31-23(4)5;1-2/h7-14,17,20,22-23,31H,1,15-16,18-19,21H2,2-6H3;1-2H3/b11-8-;. The summed E-state index contributed by atoms with van der Waals surface area (Å²) in [7, 11) is 2.24. The highest BCUT2D eigenvalue weighted by Crippen LogP contribution is 2.36. The van der Waals surface area contributed by atoms with Gasteiger partial charge in [0.15, 0.2) is 0 Å². The normalized spacial score (nSPS) is 16.1. The maximum Gasteiger partial charge on any atom is 0.0432 e. The quantitative estimate of drug-likeness (QED) is 0.373. The van der Waals surface area contributed by atoms with Crippen molar-refractivity contribution >= 4 is 6.08 Å². The largest absolute Gasteiger partial charge is 0.386 e. The molecule has 1 aromatic rings. The van der Waals surface area contributed by atoms with Crippen molar-refractivity contribution in [1.82, 2.24) is 10.2 Å². The van der Waals surface area contributed by atoms with Crippen LogP contribution in [0.1, 0.15) is 78.4 Å². The highest BCUT2D eigenvalue weighted by Gasteiger charge is 2.21. The Morgan fingerprint density at radius 3 is 2.29 bits per heavy atom. The van der Waals surface area contributed by atoms with E-state index in [1.807, 2.05) is 26.0 Å². The molecule has 2 heteroatoms. The van der Waals surface area contributed by atoms with Gasteiger partial charge in [0.25, 0.3) is 0 Å². The van der Waals surface area contributed by atoms with Crippen LogP contribution in [0.5, 0.6) is 0 Å². The number of likely N-dealkylation sites (N-methyl/N-ethyl adjacent to an activating group) is 1. The van der Waals surface area contributed by atoms with E-state index in [2.05, 4.69) is 100 Å². The Morgan fingerprint density at radius 1 is 0.971 bits per heavy atom. The summed E-state index contributed by atoms with van der Waals surface area (Å²) in [6, 6.07) is 9.15. The van der Waals surface area contributed by atoms with Gasteiger partial charge in [-0.1, -0.05) is 82.8 Å². The molecule has 0 amide bonds. The number of hydrogen-bond acceptors (Lipinski definition) is 2. The predicted octanol–water partition coefficient (Wildman–Crippen LogP) is 8.58. The van der Waals surface area contributed by atoms with E-state index in [-0.39, 0.29) is 0 Å². The van der Waals surface area contributed by atoms with E-state index in [1.165, 1.54) is 33.7 Å². The maximum absolute atomic E-state index is 3.81. The third-order valence-electron chi connectivity index (χ3n) is 6.32. The summed E-state index contributed by atoms with van der Waals surface area (Å²) in [6.45, 7) is 17.8. The van der Waals surface area contributed by atoms with E-state index in [0.717, 1.165) is 32.2 Å². The molecule has 0 spiro atoms. The number of rotatable bonds is 9. The van der Waals surface area contributed by atoms with Crippen LogP contribution in [0.3, 0.4) is 0 Å². The van der Waals surface area contributed by atoms with Gasteiger partial charge in [0.2, 0.25) is 0 Å². The first-order valence-corrected chi connectivity index (χ1v) is 13.1. The lowest BCUT2D eigenvalue weighted by atomic mass is 9.83. The van der Waals surface area contributed by atoms with Crippen molar-refractivity contribution in [2.45, 2.75) is 79.8 Å². The predicted molar refractivity (Wildman–Crippen MR) is 151 cm³/mol. The van der Waals surface area contributed by atoms with Crippen LogP contribution < -0.4 is 5.32 Å². The van der Waals surface area contributed by atoms with Gasteiger partial charge in [0.1, 0.15) is 0 Å². The second-order valence-corrected chi connectivity index (χ2v) is 9.57. The summed E-state index contributed by atoms with van der Waals surface area (Å²) >= 11 is 0. The second-order valence-electron chi connectivity index (χ2n) is 9.57. The summed E-state index contributed by atoms with van der Waals surface area (Å²) in [5.41, 5.74) is 9.95. The van der Waals surface area contributed by atoms with Crippen LogP contribution in [0, 0.1) is 5.92 Å². The SMILES string of the molecule is C=C/C=C\c1ccccc1CN(C)C1=C(C(C)C)CCC(C2=CC=C(NC(C)C)CC2)=C1.CC. The van der Waals surface area contributed by atoms with Crippen molar-refractivity contribution in [2.24, 2.45) is 5.92 Å². The fraction of sp³-hybridized carbons (Fsp3) is 0.438. The van der Waals surface area contributed by atoms with Crippen LogP contribution in [-0.2, 0) is 6.54 Å². The molecule has 2 aliphatic rings. The van der Waals surface area contributed by atoms with Crippen molar-refractivity contribution in [3.05, 3.63) is 100 Å². The lowest BCUT2D eigenvalue weighted by molar-refractivity contribution is 0.407. The minimum atomic E-state index is 0.492. The monoisotopic (exact) mass is 458 g/mol. The lowest BCUT2D eigenvalue weighted by Crippen LogP contribution is -2.23. The Labute approximate surface area is 209 Å². The highest BCUT2D eigenvalue weighted by molar-refractivity contribution is 5.55. The first kappa shape index (κ1) is 27.5. The van der Waals surface area contributed by atoms with Crippen molar-refractivity contribution < 1.29 is 0 Å². The highest BCUT2D eigenvalue weighted by atomic mass is 15.1. The van der Waals surface area contributed by atoms with E-state index >= 15 is 0 Å². The zero-order chi connectivity index (χ0) is 25.1. The molecule has 1 aromatic carbocycles. The third-order valence-corrected chi connectivity index (χ3v) is 6.32. The van der Waals surface area contributed by atoms with Gasteiger partial charge in [-0.25, -0.2) is 0 Å². The Bertz CT molecular complexity index is 966. The van der Waals surface area contributed by atoms with E-state index in [9.17, 15) is 0 Å². The molecule has 184 valence electrons. The molecule has 1 N–H and O–H groups in total. The van der Waals surface area contributed by atoms with Gasteiger partial charge in [-0.15, -0.1) is 0 Å². The molecule has 0 bridgehead atoms. The summed E-state index contributed by atoms with van der Waals surface area (Å²) in [5.74, 6) is 0.559. The number of allylic oxidation sites excluding steroid dienone is 9. The van der Waals surface area contributed by atoms with Gasteiger partial charge in [-0.05, 0) is 85.4 Å². The van der Waals surface area contributed by atoms with Gasteiger partial charge in [0.05, 0.1) is 0 Å². The zero-order valence-electron chi connectivity index (χ0n) is 22.6. The van der Waals surface area contributed by atoms with E-state index < -0.39 is 0 Å². The lowest BCUT2D eigenvalue weighted by Gasteiger charge is -2.31. The van der Waals surface area contributed by atoms with E-state index in [1.54, 1.807) is 5.57 Å². The molecule has 0 aromatic heterocycles. The molecular weight excluding hydrogens is 412 g/mol. The smallest absolute Gasteiger partial charge is 0.0432 e. The Kier molecular flexibility index (Phi) is 11.2. The van der Waals surface area contributed by atoms with E-state index in [4.69, 9.17) is 0 Å². The fourth-order valence-corrected chi connectivity index (χ4v) is 4.67. The van der Waals surface area contributed by atoms with Crippen molar-refractivity contribution in [3.63, 3.8) is 0 Å². The van der Waals surface area contributed by atoms with Crippen LogP contribution in [0.2, 0.25) is 0 Å². The topological polar surface area (TPSA) is 15.3 Å². The molecule has 0 atom stereocenters. The Balaban J connectivity index is 0.00000199. The van der Waals surface area contributed by atoms with Gasteiger partial charge >= 0.3 is 0 Å². The molecule has 2 aliphatic carbocycles. The first-order valence-electron chi connectivity index (χ1n) is 13.1. The van der Waals surface area contributed by atoms with E-state index in [0.29, 0.717) is 12.0 Å². The van der Waals surface area contributed by atoms with Crippen LogP contribution >= 0.6 is 0 Å². The van der Waals surface area contributed by atoms with Gasteiger partial charge in [0, 0.05) is 31.0 Å². The van der Waals surface area contributed by atoms with Gasteiger partial charge in [-0.3, -0.25) is 0 Å². The minimum absolute atomic E-state index is 0.492.